The van der Waals surface area contributed by atoms with Gasteiger partial charge in [0.05, 0.1) is 7.11 Å². The van der Waals surface area contributed by atoms with Gasteiger partial charge in [0.1, 0.15) is 0 Å². The van der Waals surface area contributed by atoms with E-state index in [4.69, 9.17) is 13.9 Å². The van der Waals surface area contributed by atoms with Crippen LogP contribution in [0.4, 0.5) is 0 Å². The molecule has 0 amide bonds. The van der Waals surface area contributed by atoms with E-state index in [0.717, 1.165) is 5.75 Å². The van der Waals surface area contributed by atoms with E-state index in [9.17, 15) is 4.79 Å². The van der Waals surface area contributed by atoms with Crippen molar-refractivity contribution in [3.8, 4) is 0 Å². The molecule has 100 valence electrons. The van der Waals surface area contributed by atoms with Gasteiger partial charge in [-0.25, -0.2) is 0 Å². The molecule has 0 aromatic heterocycles. The van der Waals surface area contributed by atoms with E-state index in [-0.39, 0.29) is 17.1 Å². The van der Waals surface area contributed by atoms with Crippen LogP contribution in [-0.4, -0.2) is 45.3 Å². The second kappa shape index (κ2) is 5.30. The quantitative estimate of drug-likeness (QED) is 0.448. The van der Waals surface area contributed by atoms with Crippen molar-refractivity contribution in [2.45, 2.75) is 37.6 Å². The first-order valence-electron chi connectivity index (χ1n) is 5.71. The van der Waals surface area contributed by atoms with Crippen molar-refractivity contribution >= 4 is 26.0 Å². The third kappa shape index (κ3) is 3.04. The summed E-state index contributed by atoms with van der Waals surface area (Å²) in [7, 11) is 1.21. The van der Waals surface area contributed by atoms with Crippen molar-refractivity contribution < 1.29 is 18.7 Å². The average molecular weight is 278 g/mol. The van der Waals surface area contributed by atoms with Crippen LogP contribution < -0.4 is 0 Å². The number of esters is 1. The zero-order chi connectivity index (χ0) is 13.3. The summed E-state index contributed by atoms with van der Waals surface area (Å²) >= 11 is 1.55. The van der Waals surface area contributed by atoms with Crippen LogP contribution in [0.5, 0.6) is 0 Å². The second-order valence-electron chi connectivity index (χ2n) is 5.28. The molecular formula is C11H22O4SSi. The first kappa shape index (κ1) is 15.0. The largest absolute Gasteiger partial charge is 0.468 e. The number of carbonyl (C=O) groups excluding carboxylic acids is 1. The molecule has 1 heterocycles. The Labute approximate surface area is 109 Å². The predicted octanol–water partition coefficient (Wildman–Crippen LogP) is 2.11. The van der Waals surface area contributed by atoms with E-state index in [2.05, 4.69) is 26.6 Å². The smallest absolute Gasteiger partial charge is 0.324 e. The molecule has 6 heteroatoms. The van der Waals surface area contributed by atoms with Gasteiger partial charge in [0, 0.05) is 18.8 Å². The second-order valence-corrected chi connectivity index (χ2v) is 10.8. The monoisotopic (exact) mass is 278 g/mol. The summed E-state index contributed by atoms with van der Waals surface area (Å²) in [4.78, 5) is 11.8. The standard InChI is InChI=1S/C11H22O4SSi/c1-8-7-16-9(10(12)13-2)11(8,14-3)15-17(4,5)6/h8-9H,7H2,1-6H3/t8-,9?,11-/m1/s1. The van der Waals surface area contributed by atoms with Crippen molar-refractivity contribution in [2.75, 3.05) is 20.0 Å². The lowest BCUT2D eigenvalue weighted by Gasteiger charge is -2.40. The van der Waals surface area contributed by atoms with Crippen LogP contribution in [-0.2, 0) is 18.7 Å². The summed E-state index contributed by atoms with van der Waals surface area (Å²) in [5.41, 5.74) is 0. The molecule has 1 aliphatic rings. The number of hydrogen-bond acceptors (Lipinski definition) is 5. The highest BCUT2D eigenvalue weighted by Gasteiger charge is 2.56. The lowest BCUT2D eigenvalue weighted by Crippen LogP contribution is -2.55. The van der Waals surface area contributed by atoms with Gasteiger partial charge >= 0.3 is 5.97 Å². The Balaban J connectivity index is 3.02. The van der Waals surface area contributed by atoms with E-state index >= 15 is 0 Å². The zero-order valence-electron chi connectivity index (χ0n) is 11.4. The Kier molecular flexibility index (Phi) is 4.68. The summed E-state index contributed by atoms with van der Waals surface area (Å²) < 4.78 is 16.6. The summed E-state index contributed by atoms with van der Waals surface area (Å²) in [6.07, 6.45) is 0. The topological polar surface area (TPSA) is 44.8 Å². The molecule has 0 radical (unpaired) electrons. The molecule has 1 rings (SSSR count). The molecule has 0 aliphatic carbocycles. The summed E-state index contributed by atoms with van der Waals surface area (Å²) in [6, 6.07) is 0. The molecule has 0 aromatic rings. The van der Waals surface area contributed by atoms with Crippen molar-refractivity contribution in [1.82, 2.24) is 0 Å². The van der Waals surface area contributed by atoms with Gasteiger partial charge in [-0.2, -0.15) is 0 Å². The molecule has 1 aliphatic heterocycles. The lowest BCUT2D eigenvalue weighted by molar-refractivity contribution is -0.200. The Hall–Kier alpha value is -0.0431. The van der Waals surface area contributed by atoms with Gasteiger partial charge in [0.15, 0.2) is 19.4 Å². The van der Waals surface area contributed by atoms with E-state index in [1.165, 1.54) is 7.11 Å². The van der Waals surface area contributed by atoms with Crippen LogP contribution in [0.2, 0.25) is 19.6 Å². The van der Waals surface area contributed by atoms with Gasteiger partial charge < -0.3 is 13.9 Å². The molecule has 3 atom stereocenters. The highest BCUT2D eigenvalue weighted by molar-refractivity contribution is 8.01. The van der Waals surface area contributed by atoms with Gasteiger partial charge in [-0.15, -0.1) is 11.8 Å². The molecule has 0 saturated carbocycles. The third-order valence-corrected chi connectivity index (χ3v) is 5.24. The number of thioether (sulfide) groups is 1. The molecule has 1 fully saturated rings. The summed E-state index contributed by atoms with van der Waals surface area (Å²) in [5, 5.41) is -0.390. The van der Waals surface area contributed by atoms with Crippen molar-refractivity contribution in [2.24, 2.45) is 5.92 Å². The molecule has 0 spiro atoms. The maximum absolute atomic E-state index is 11.8. The van der Waals surface area contributed by atoms with Gasteiger partial charge in [-0.3, -0.25) is 4.79 Å². The summed E-state index contributed by atoms with van der Waals surface area (Å²) in [6.45, 7) is 8.34. The Morgan fingerprint density at radius 2 is 1.94 bits per heavy atom. The van der Waals surface area contributed by atoms with E-state index in [1.807, 2.05) is 0 Å². The fourth-order valence-electron chi connectivity index (χ4n) is 2.05. The SMILES string of the molecule is COC(=O)C1SC[C@@H](C)[C@@]1(OC)O[Si](C)(C)C. The Morgan fingerprint density at radius 1 is 1.35 bits per heavy atom. The highest BCUT2D eigenvalue weighted by atomic mass is 32.2. The number of methoxy groups -OCH3 is 2. The van der Waals surface area contributed by atoms with Crippen LogP contribution in [0.25, 0.3) is 0 Å². The Morgan fingerprint density at radius 3 is 2.35 bits per heavy atom. The van der Waals surface area contributed by atoms with Crippen LogP contribution in [0.3, 0.4) is 0 Å². The first-order chi connectivity index (χ1) is 7.77. The van der Waals surface area contributed by atoms with Gasteiger partial charge in [-0.05, 0) is 19.6 Å². The summed E-state index contributed by atoms with van der Waals surface area (Å²) in [5.74, 6) is -0.0758. The van der Waals surface area contributed by atoms with Crippen molar-refractivity contribution in [3.05, 3.63) is 0 Å². The number of rotatable bonds is 4. The Bertz CT molecular complexity index is 292. The molecule has 1 unspecified atom stereocenters. The zero-order valence-corrected chi connectivity index (χ0v) is 13.2. The molecule has 17 heavy (non-hydrogen) atoms. The number of hydrogen-bond donors (Lipinski definition) is 0. The minimum absolute atomic E-state index is 0.174. The van der Waals surface area contributed by atoms with Gasteiger partial charge in [0.2, 0.25) is 0 Å². The van der Waals surface area contributed by atoms with Crippen LogP contribution in [0.15, 0.2) is 0 Å². The average Bonchev–Trinajstić information content (AvgIpc) is 2.54. The third-order valence-electron chi connectivity index (χ3n) is 2.77. The predicted molar refractivity (Wildman–Crippen MR) is 71.6 cm³/mol. The van der Waals surface area contributed by atoms with E-state index in [0.29, 0.717) is 0 Å². The fraction of sp³-hybridized carbons (Fsp3) is 0.909. The molecule has 0 bridgehead atoms. The van der Waals surface area contributed by atoms with Crippen molar-refractivity contribution in [1.29, 1.82) is 0 Å². The normalized spacial score (nSPS) is 33.8. The first-order valence-corrected chi connectivity index (χ1v) is 10.2. The van der Waals surface area contributed by atoms with Crippen LogP contribution in [0.1, 0.15) is 6.92 Å². The van der Waals surface area contributed by atoms with E-state index in [1.54, 1.807) is 18.9 Å². The lowest BCUT2D eigenvalue weighted by atomic mass is 9.99. The fourth-order valence-corrected chi connectivity index (χ4v) is 5.05. The maximum Gasteiger partial charge on any atom is 0.324 e. The minimum atomic E-state index is -1.80. The highest BCUT2D eigenvalue weighted by Crippen LogP contribution is 2.45. The maximum atomic E-state index is 11.8. The van der Waals surface area contributed by atoms with E-state index < -0.39 is 14.1 Å². The molecule has 4 nitrogen and oxygen atoms in total. The molecular weight excluding hydrogens is 256 g/mol. The minimum Gasteiger partial charge on any atom is -0.468 e. The van der Waals surface area contributed by atoms with Crippen LogP contribution in [0, 0.1) is 5.92 Å². The molecule has 0 N–H and O–H groups in total. The van der Waals surface area contributed by atoms with Crippen molar-refractivity contribution in [3.63, 3.8) is 0 Å². The number of carbonyl (C=O) groups is 1. The molecule has 1 saturated heterocycles. The van der Waals surface area contributed by atoms with Gasteiger partial charge in [-0.1, -0.05) is 6.92 Å². The number of ether oxygens (including phenoxy) is 2. The van der Waals surface area contributed by atoms with Gasteiger partial charge in [0.25, 0.3) is 0 Å². The molecule has 0 aromatic carbocycles. The van der Waals surface area contributed by atoms with Crippen LogP contribution >= 0.6 is 11.8 Å².